The van der Waals surface area contributed by atoms with Gasteiger partial charge < -0.3 is 14.7 Å². The van der Waals surface area contributed by atoms with Crippen LogP contribution in [0, 0.1) is 0 Å². The molecule has 0 bridgehead atoms. The van der Waals surface area contributed by atoms with Crippen LogP contribution in [0.4, 0.5) is 0 Å². The van der Waals surface area contributed by atoms with Crippen molar-refractivity contribution in [3.63, 3.8) is 0 Å². The summed E-state index contributed by atoms with van der Waals surface area (Å²) >= 11 is 0. The topological polar surface area (TPSA) is 74.6 Å². The van der Waals surface area contributed by atoms with Gasteiger partial charge in [0.05, 0.1) is 27.6 Å². The van der Waals surface area contributed by atoms with E-state index in [1.54, 1.807) is 0 Å². The van der Waals surface area contributed by atoms with Crippen LogP contribution in [-0.2, 0) is 9.59 Å². The maximum absolute atomic E-state index is 12.3. The monoisotopic (exact) mass is 342 g/mol. The summed E-state index contributed by atoms with van der Waals surface area (Å²) in [7, 11) is 5.50. The van der Waals surface area contributed by atoms with Gasteiger partial charge in [-0.2, -0.15) is 0 Å². The van der Waals surface area contributed by atoms with Crippen LogP contribution in [0.5, 0.6) is 0 Å². The normalized spacial score (nSPS) is 14.7. The minimum Gasteiger partial charge on any atom is -0.481 e. The molecule has 0 amide bonds. The van der Waals surface area contributed by atoms with Crippen molar-refractivity contribution in [1.82, 2.24) is 0 Å². The molecular formula is C19H36NO4+. The van der Waals surface area contributed by atoms with E-state index in [1.807, 2.05) is 21.1 Å². The Labute approximate surface area is 146 Å². The highest BCUT2D eigenvalue weighted by atomic mass is 16.4. The highest BCUT2D eigenvalue weighted by Gasteiger charge is 2.42. The Balaban J connectivity index is 4.28. The third kappa shape index (κ3) is 11.4. The number of unbranched alkanes of at least 4 members (excludes halogenated alkanes) is 5. The zero-order valence-electron chi connectivity index (χ0n) is 15.9. The minimum absolute atomic E-state index is 0.103. The number of Topliss-reactive ketones (excluding diaryl/α,β-unsaturated/α-hetero) is 1. The number of carbonyl (C=O) groups is 2. The zero-order valence-corrected chi connectivity index (χ0v) is 15.9. The van der Waals surface area contributed by atoms with Crippen molar-refractivity contribution in [2.24, 2.45) is 0 Å². The molecule has 140 valence electrons. The van der Waals surface area contributed by atoms with Crippen molar-refractivity contribution in [3.8, 4) is 0 Å². The van der Waals surface area contributed by atoms with Crippen molar-refractivity contribution < 1.29 is 24.3 Å². The lowest BCUT2D eigenvalue weighted by molar-refractivity contribution is -0.875. The maximum Gasteiger partial charge on any atom is 0.306 e. The van der Waals surface area contributed by atoms with Crippen LogP contribution in [0.3, 0.4) is 0 Å². The number of carboxylic acids is 1. The molecule has 0 aliphatic rings. The van der Waals surface area contributed by atoms with E-state index in [0.29, 0.717) is 10.9 Å². The molecule has 0 aliphatic heterocycles. The molecule has 1 unspecified atom stereocenters. The molecule has 24 heavy (non-hydrogen) atoms. The lowest BCUT2D eigenvalue weighted by Crippen LogP contribution is -2.54. The first kappa shape index (κ1) is 22.8. The SMILES string of the molecule is CCCCCCC=CCCCC(=O)C(O)(CC(=O)O)C[N+](C)(C)C. The van der Waals surface area contributed by atoms with E-state index in [-0.39, 0.29) is 18.7 Å². The lowest BCUT2D eigenvalue weighted by Gasteiger charge is -2.33. The van der Waals surface area contributed by atoms with E-state index in [0.717, 1.165) is 12.8 Å². The summed E-state index contributed by atoms with van der Waals surface area (Å²) in [5.41, 5.74) is -1.78. The fourth-order valence-corrected chi connectivity index (χ4v) is 2.82. The fraction of sp³-hybridized carbons (Fsp3) is 0.789. The molecule has 0 spiro atoms. The van der Waals surface area contributed by atoms with E-state index < -0.39 is 18.0 Å². The van der Waals surface area contributed by atoms with Crippen molar-refractivity contribution >= 4 is 11.8 Å². The van der Waals surface area contributed by atoms with Crippen molar-refractivity contribution in [1.29, 1.82) is 0 Å². The van der Waals surface area contributed by atoms with E-state index in [2.05, 4.69) is 19.1 Å². The van der Waals surface area contributed by atoms with E-state index in [9.17, 15) is 14.7 Å². The van der Waals surface area contributed by atoms with Crippen LogP contribution in [-0.4, -0.2) is 59.7 Å². The van der Waals surface area contributed by atoms with Crippen LogP contribution < -0.4 is 0 Å². The van der Waals surface area contributed by atoms with E-state index in [4.69, 9.17) is 5.11 Å². The Hall–Kier alpha value is -1.20. The van der Waals surface area contributed by atoms with Gasteiger partial charge in [-0.05, 0) is 25.7 Å². The van der Waals surface area contributed by atoms with Crippen LogP contribution in [0.15, 0.2) is 12.2 Å². The van der Waals surface area contributed by atoms with Crippen LogP contribution in [0.1, 0.15) is 64.7 Å². The molecule has 0 saturated carbocycles. The van der Waals surface area contributed by atoms with Crippen molar-refractivity contribution in [3.05, 3.63) is 12.2 Å². The summed E-state index contributed by atoms with van der Waals surface area (Å²) in [5.74, 6) is -1.51. The van der Waals surface area contributed by atoms with Crippen LogP contribution in [0.25, 0.3) is 0 Å². The number of rotatable bonds is 14. The molecule has 0 rings (SSSR count). The van der Waals surface area contributed by atoms with Gasteiger partial charge in [0.2, 0.25) is 0 Å². The molecule has 5 nitrogen and oxygen atoms in total. The summed E-state index contributed by atoms with van der Waals surface area (Å²) in [6.07, 6.45) is 11.4. The molecule has 2 N–H and O–H groups in total. The molecule has 0 fully saturated rings. The number of likely N-dealkylation sites (N-methyl/N-ethyl adjacent to an activating group) is 1. The van der Waals surface area contributed by atoms with E-state index >= 15 is 0 Å². The number of carbonyl (C=O) groups excluding carboxylic acids is 1. The largest absolute Gasteiger partial charge is 0.481 e. The Bertz CT molecular complexity index is 412. The molecule has 0 aromatic carbocycles. The predicted octanol–water partition coefficient (Wildman–Crippen LogP) is 3.16. The van der Waals surface area contributed by atoms with Gasteiger partial charge in [-0.15, -0.1) is 0 Å². The second kappa shape index (κ2) is 11.4. The van der Waals surface area contributed by atoms with Crippen molar-refractivity contribution in [2.75, 3.05) is 27.7 Å². The first-order chi connectivity index (χ1) is 11.1. The number of hydrogen-bond acceptors (Lipinski definition) is 3. The number of aliphatic carboxylic acids is 1. The maximum atomic E-state index is 12.3. The quantitative estimate of drug-likeness (QED) is 0.289. The van der Waals surface area contributed by atoms with Gasteiger partial charge in [0, 0.05) is 6.42 Å². The number of quaternary nitrogens is 1. The Morgan fingerprint density at radius 2 is 1.58 bits per heavy atom. The third-order valence-electron chi connectivity index (χ3n) is 3.86. The molecule has 0 heterocycles. The smallest absolute Gasteiger partial charge is 0.306 e. The van der Waals surface area contributed by atoms with Gasteiger partial charge >= 0.3 is 5.97 Å². The third-order valence-corrected chi connectivity index (χ3v) is 3.86. The van der Waals surface area contributed by atoms with Gasteiger partial charge in [0.1, 0.15) is 6.54 Å². The number of hydrogen-bond donors (Lipinski definition) is 2. The molecular weight excluding hydrogens is 306 g/mol. The van der Waals surface area contributed by atoms with Gasteiger partial charge in [0.25, 0.3) is 0 Å². The molecule has 0 saturated heterocycles. The number of carboxylic acid groups (broad SMARTS) is 1. The summed E-state index contributed by atoms with van der Waals surface area (Å²) < 4.78 is 0.340. The van der Waals surface area contributed by atoms with Crippen LogP contribution in [0.2, 0.25) is 0 Å². The van der Waals surface area contributed by atoms with Crippen LogP contribution >= 0.6 is 0 Å². The predicted molar refractivity (Wildman–Crippen MR) is 96.9 cm³/mol. The summed E-state index contributed by atoms with van der Waals surface area (Å²) in [5, 5.41) is 19.5. The Morgan fingerprint density at radius 3 is 2.08 bits per heavy atom. The van der Waals surface area contributed by atoms with Gasteiger partial charge in [-0.3, -0.25) is 9.59 Å². The number of allylic oxidation sites excluding steroid dienone is 2. The average Bonchev–Trinajstić information content (AvgIpc) is 2.42. The van der Waals surface area contributed by atoms with Gasteiger partial charge in [0.15, 0.2) is 11.4 Å². The Kier molecular flexibility index (Phi) is 10.8. The number of nitrogens with zero attached hydrogens (tertiary/aromatic N) is 1. The first-order valence-electron chi connectivity index (χ1n) is 9.03. The minimum atomic E-state index is -1.78. The summed E-state index contributed by atoms with van der Waals surface area (Å²) in [6.45, 7) is 2.29. The Morgan fingerprint density at radius 1 is 1.00 bits per heavy atom. The summed E-state index contributed by atoms with van der Waals surface area (Å²) in [6, 6.07) is 0. The summed E-state index contributed by atoms with van der Waals surface area (Å²) in [4.78, 5) is 23.3. The number of ketones is 1. The second-order valence-electron chi connectivity index (χ2n) is 7.69. The molecule has 0 aliphatic carbocycles. The zero-order chi connectivity index (χ0) is 18.6. The number of aliphatic hydroxyl groups is 1. The average molecular weight is 343 g/mol. The highest BCUT2D eigenvalue weighted by molar-refractivity contribution is 5.91. The highest BCUT2D eigenvalue weighted by Crippen LogP contribution is 2.19. The van der Waals surface area contributed by atoms with Crippen molar-refractivity contribution in [2.45, 2.75) is 70.3 Å². The standard InChI is InChI=1S/C19H35NO4/c1-5-6-7-8-9-10-11-12-13-14-17(21)19(24,15-18(22)23)16-20(2,3)4/h10-11,24H,5-9,12-16H2,1-4H3/p+1. The molecule has 5 heteroatoms. The van der Waals surface area contributed by atoms with Gasteiger partial charge in [-0.25, -0.2) is 0 Å². The fourth-order valence-electron chi connectivity index (χ4n) is 2.82. The first-order valence-corrected chi connectivity index (χ1v) is 9.03. The molecule has 0 radical (unpaired) electrons. The second-order valence-corrected chi connectivity index (χ2v) is 7.69. The van der Waals surface area contributed by atoms with E-state index in [1.165, 1.54) is 25.7 Å². The lowest BCUT2D eigenvalue weighted by atomic mass is 9.90. The molecule has 0 aromatic heterocycles. The van der Waals surface area contributed by atoms with Gasteiger partial charge in [-0.1, -0.05) is 38.3 Å². The molecule has 1 atom stereocenters. The molecule has 0 aromatic rings.